The number of hydrogen-bond donors (Lipinski definition) is 1. The van der Waals surface area contributed by atoms with Gasteiger partial charge in [-0.2, -0.15) is 0 Å². The molecule has 1 aromatic carbocycles. The number of oxazole rings is 1. The molecule has 0 unspecified atom stereocenters. The van der Waals surface area contributed by atoms with Gasteiger partial charge in [0.25, 0.3) is 0 Å². The lowest BCUT2D eigenvalue weighted by Crippen LogP contribution is -2.27. The lowest BCUT2D eigenvalue weighted by molar-refractivity contribution is 0.204. The van der Waals surface area contributed by atoms with Gasteiger partial charge in [-0.3, -0.25) is 0 Å². The van der Waals surface area contributed by atoms with Crippen LogP contribution in [-0.4, -0.2) is 33.7 Å². The first-order chi connectivity index (χ1) is 9.53. The van der Waals surface area contributed by atoms with Gasteiger partial charge in [-0.25, -0.2) is 18.1 Å². The molecule has 0 bridgehead atoms. The monoisotopic (exact) mass is 296 g/mol. The quantitative estimate of drug-likeness (QED) is 0.818. The van der Waals surface area contributed by atoms with E-state index in [1.807, 2.05) is 0 Å². The van der Waals surface area contributed by atoms with Crippen LogP contribution in [0.1, 0.15) is 5.89 Å². The van der Waals surface area contributed by atoms with Crippen molar-refractivity contribution in [1.82, 2.24) is 9.71 Å². The molecular weight excluding hydrogens is 280 g/mol. The Morgan fingerprint density at radius 1 is 1.30 bits per heavy atom. The molecule has 0 radical (unpaired) electrons. The molecule has 2 rings (SSSR count). The van der Waals surface area contributed by atoms with Gasteiger partial charge in [-0.1, -0.05) is 12.1 Å². The SMILES string of the molecule is COCCNS(=O)(=O)c1ccc(-c2coc(C)n2)cc1. The molecule has 0 atom stereocenters. The Bertz CT molecular complexity index is 662. The number of ether oxygens (including phenoxy) is 1. The van der Waals surface area contributed by atoms with Crippen molar-refractivity contribution in [3.63, 3.8) is 0 Å². The zero-order valence-electron chi connectivity index (χ0n) is 11.3. The van der Waals surface area contributed by atoms with Gasteiger partial charge in [-0.15, -0.1) is 0 Å². The fourth-order valence-electron chi connectivity index (χ4n) is 1.66. The van der Waals surface area contributed by atoms with Crippen molar-refractivity contribution in [3.8, 4) is 11.3 Å². The van der Waals surface area contributed by atoms with Gasteiger partial charge in [0.15, 0.2) is 5.89 Å². The first kappa shape index (κ1) is 14.7. The Labute approximate surface area is 117 Å². The van der Waals surface area contributed by atoms with E-state index in [1.54, 1.807) is 19.1 Å². The highest BCUT2D eigenvalue weighted by molar-refractivity contribution is 7.89. The van der Waals surface area contributed by atoms with Crippen LogP contribution in [0.2, 0.25) is 0 Å². The van der Waals surface area contributed by atoms with E-state index >= 15 is 0 Å². The number of nitrogens with one attached hydrogen (secondary N) is 1. The second-order valence-corrected chi connectivity index (χ2v) is 5.93. The maximum atomic E-state index is 12.0. The van der Waals surface area contributed by atoms with E-state index in [2.05, 4.69) is 9.71 Å². The highest BCUT2D eigenvalue weighted by Crippen LogP contribution is 2.20. The fourth-order valence-corrected chi connectivity index (χ4v) is 2.68. The summed E-state index contributed by atoms with van der Waals surface area (Å²) < 4.78 is 36.3. The number of sulfonamides is 1. The van der Waals surface area contributed by atoms with Crippen LogP contribution in [0.5, 0.6) is 0 Å². The smallest absolute Gasteiger partial charge is 0.240 e. The molecule has 0 fully saturated rings. The molecule has 0 aliphatic heterocycles. The third kappa shape index (κ3) is 3.44. The molecule has 7 heteroatoms. The second kappa shape index (κ2) is 6.17. The minimum atomic E-state index is -3.50. The lowest BCUT2D eigenvalue weighted by atomic mass is 10.2. The number of hydrogen-bond acceptors (Lipinski definition) is 5. The summed E-state index contributed by atoms with van der Waals surface area (Å²) in [6, 6.07) is 6.47. The standard InChI is InChI=1S/C13H16N2O4S/c1-10-15-13(9-19-10)11-3-5-12(6-4-11)20(16,17)14-7-8-18-2/h3-6,9,14H,7-8H2,1-2H3. The summed E-state index contributed by atoms with van der Waals surface area (Å²) in [6.07, 6.45) is 1.54. The first-order valence-corrected chi connectivity index (χ1v) is 7.52. The van der Waals surface area contributed by atoms with Crippen LogP contribution in [0.4, 0.5) is 0 Å². The van der Waals surface area contributed by atoms with Crippen LogP contribution in [0.15, 0.2) is 39.8 Å². The maximum absolute atomic E-state index is 12.0. The molecule has 1 aromatic heterocycles. The number of methoxy groups -OCH3 is 1. The normalized spacial score (nSPS) is 11.7. The molecule has 2 aromatic rings. The molecule has 0 aliphatic rings. The van der Waals surface area contributed by atoms with Crippen LogP contribution >= 0.6 is 0 Å². The van der Waals surface area contributed by atoms with Crippen molar-refractivity contribution in [1.29, 1.82) is 0 Å². The molecule has 0 saturated carbocycles. The largest absolute Gasteiger partial charge is 0.449 e. The Balaban J connectivity index is 2.15. The van der Waals surface area contributed by atoms with E-state index in [0.29, 0.717) is 18.2 Å². The summed E-state index contributed by atoms with van der Waals surface area (Å²) in [4.78, 5) is 4.39. The van der Waals surface area contributed by atoms with Crippen molar-refractivity contribution in [2.24, 2.45) is 0 Å². The van der Waals surface area contributed by atoms with E-state index in [4.69, 9.17) is 9.15 Å². The number of aromatic nitrogens is 1. The van der Waals surface area contributed by atoms with Gasteiger partial charge in [0.1, 0.15) is 12.0 Å². The summed E-state index contributed by atoms with van der Waals surface area (Å²) in [5.41, 5.74) is 1.48. The topological polar surface area (TPSA) is 81.4 Å². The molecule has 20 heavy (non-hydrogen) atoms. The predicted octanol–water partition coefficient (Wildman–Crippen LogP) is 1.57. The van der Waals surface area contributed by atoms with Crippen LogP contribution in [0.3, 0.4) is 0 Å². The average molecular weight is 296 g/mol. The third-order valence-corrected chi connectivity index (χ3v) is 4.15. The molecule has 0 aliphatic carbocycles. The number of nitrogens with zero attached hydrogens (tertiary/aromatic N) is 1. The number of rotatable bonds is 6. The predicted molar refractivity (Wildman–Crippen MR) is 73.7 cm³/mol. The zero-order chi connectivity index (χ0) is 14.6. The fraction of sp³-hybridized carbons (Fsp3) is 0.308. The average Bonchev–Trinajstić information content (AvgIpc) is 2.86. The number of benzene rings is 1. The van der Waals surface area contributed by atoms with E-state index in [-0.39, 0.29) is 11.4 Å². The van der Waals surface area contributed by atoms with E-state index < -0.39 is 10.0 Å². The van der Waals surface area contributed by atoms with Crippen molar-refractivity contribution < 1.29 is 17.6 Å². The minimum absolute atomic E-state index is 0.206. The highest BCUT2D eigenvalue weighted by atomic mass is 32.2. The van der Waals surface area contributed by atoms with E-state index in [9.17, 15) is 8.42 Å². The Morgan fingerprint density at radius 2 is 2.00 bits per heavy atom. The Morgan fingerprint density at radius 3 is 2.55 bits per heavy atom. The molecule has 1 N–H and O–H groups in total. The molecule has 0 amide bonds. The molecule has 0 spiro atoms. The number of aryl methyl sites for hydroxylation is 1. The summed E-state index contributed by atoms with van der Waals surface area (Å²) in [7, 11) is -1.98. The Hall–Kier alpha value is -1.70. The van der Waals surface area contributed by atoms with Crippen molar-refractivity contribution in [2.75, 3.05) is 20.3 Å². The maximum Gasteiger partial charge on any atom is 0.240 e. The third-order valence-electron chi connectivity index (χ3n) is 2.68. The van der Waals surface area contributed by atoms with Crippen molar-refractivity contribution >= 4 is 10.0 Å². The molecule has 6 nitrogen and oxygen atoms in total. The van der Waals surface area contributed by atoms with Crippen LogP contribution in [0.25, 0.3) is 11.3 Å². The molecule has 0 saturated heterocycles. The van der Waals surface area contributed by atoms with Gasteiger partial charge >= 0.3 is 0 Å². The lowest BCUT2D eigenvalue weighted by Gasteiger charge is -2.06. The van der Waals surface area contributed by atoms with Crippen molar-refractivity contribution in [2.45, 2.75) is 11.8 Å². The van der Waals surface area contributed by atoms with Crippen LogP contribution in [-0.2, 0) is 14.8 Å². The van der Waals surface area contributed by atoms with Crippen LogP contribution in [0, 0.1) is 6.92 Å². The minimum Gasteiger partial charge on any atom is -0.449 e. The Kier molecular flexibility index (Phi) is 4.53. The van der Waals surface area contributed by atoms with Gasteiger partial charge in [0, 0.05) is 26.1 Å². The van der Waals surface area contributed by atoms with E-state index in [0.717, 1.165) is 5.56 Å². The first-order valence-electron chi connectivity index (χ1n) is 6.04. The molecule has 108 valence electrons. The summed E-state index contributed by atoms with van der Waals surface area (Å²) >= 11 is 0. The zero-order valence-corrected chi connectivity index (χ0v) is 12.1. The second-order valence-electron chi connectivity index (χ2n) is 4.17. The summed E-state index contributed by atoms with van der Waals surface area (Å²) in [5.74, 6) is 0.568. The summed E-state index contributed by atoms with van der Waals surface area (Å²) in [6.45, 7) is 2.32. The van der Waals surface area contributed by atoms with Gasteiger partial charge in [0.2, 0.25) is 10.0 Å². The van der Waals surface area contributed by atoms with Crippen molar-refractivity contribution in [3.05, 3.63) is 36.4 Å². The molecule has 1 heterocycles. The van der Waals surface area contributed by atoms with E-state index in [1.165, 1.54) is 25.5 Å². The van der Waals surface area contributed by atoms with Crippen LogP contribution < -0.4 is 4.72 Å². The summed E-state index contributed by atoms with van der Waals surface area (Å²) in [5, 5.41) is 0. The van der Waals surface area contributed by atoms with Gasteiger partial charge in [-0.05, 0) is 12.1 Å². The molecular formula is C13H16N2O4S. The highest BCUT2D eigenvalue weighted by Gasteiger charge is 2.13. The van der Waals surface area contributed by atoms with Gasteiger partial charge in [0.05, 0.1) is 11.5 Å². The van der Waals surface area contributed by atoms with Gasteiger partial charge < -0.3 is 9.15 Å².